The van der Waals surface area contributed by atoms with Crippen LogP contribution in [0.1, 0.15) is 5.01 Å². The predicted octanol–water partition coefficient (Wildman–Crippen LogP) is 3.47. The Morgan fingerprint density at radius 3 is 2.56 bits per heavy atom. The van der Waals surface area contributed by atoms with Gasteiger partial charge < -0.3 is 9.47 Å². The third kappa shape index (κ3) is 4.78. The average Bonchev–Trinajstić information content (AvgIpc) is 3.28. The number of nitrogens with zero attached hydrogens (tertiary/aromatic N) is 3. The standard InChI is InChI=1S/C22H24FN3O4S2/c1-29-18-5-3-4-16(12-18)19-15-31-22(24-19)14-25-8-10-26(11-9-25)32(27,28)21-13-17(23)6-7-20(21)30-2/h3-7,12-13,15H,8-11,14H2,1-2H3. The molecule has 7 nitrogen and oxygen atoms in total. The van der Waals surface area contributed by atoms with Crippen LogP contribution < -0.4 is 9.47 Å². The molecule has 1 fully saturated rings. The van der Waals surface area contributed by atoms with Gasteiger partial charge in [0.15, 0.2) is 0 Å². The largest absolute Gasteiger partial charge is 0.497 e. The molecule has 1 aromatic heterocycles. The van der Waals surface area contributed by atoms with E-state index in [-0.39, 0.29) is 10.6 Å². The normalized spacial score (nSPS) is 15.6. The SMILES string of the molecule is COc1cccc(-c2csc(CN3CCN(S(=O)(=O)c4cc(F)ccc4OC)CC3)n2)c1. The molecule has 0 atom stereocenters. The van der Waals surface area contributed by atoms with Gasteiger partial charge in [-0.1, -0.05) is 12.1 Å². The number of aromatic nitrogens is 1. The Hall–Kier alpha value is -2.53. The summed E-state index contributed by atoms with van der Waals surface area (Å²) >= 11 is 1.58. The lowest BCUT2D eigenvalue weighted by atomic mass is 10.2. The molecule has 32 heavy (non-hydrogen) atoms. The van der Waals surface area contributed by atoms with Gasteiger partial charge in [-0.05, 0) is 30.3 Å². The maximum atomic E-state index is 13.7. The molecule has 0 bridgehead atoms. The highest BCUT2D eigenvalue weighted by atomic mass is 32.2. The quantitative estimate of drug-likeness (QED) is 0.519. The highest BCUT2D eigenvalue weighted by molar-refractivity contribution is 7.89. The van der Waals surface area contributed by atoms with E-state index in [1.165, 1.54) is 23.5 Å². The molecule has 1 aliphatic heterocycles. The molecule has 0 unspecified atom stereocenters. The minimum atomic E-state index is -3.85. The first-order valence-corrected chi connectivity index (χ1v) is 12.4. The lowest BCUT2D eigenvalue weighted by Gasteiger charge is -2.33. The van der Waals surface area contributed by atoms with Crippen LogP contribution in [-0.4, -0.2) is 63.0 Å². The Bertz CT molecular complexity index is 1190. The van der Waals surface area contributed by atoms with Crippen LogP contribution in [0.3, 0.4) is 0 Å². The molecule has 2 heterocycles. The van der Waals surface area contributed by atoms with Gasteiger partial charge in [-0.25, -0.2) is 17.8 Å². The minimum absolute atomic E-state index is 0.140. The van der Waals surface area contributed by atoms with Crippen LogP contribution in [0.25, 0.3) is 11.3 Å². The molecule has 0 radical (unpaired) electrons. The maximum absolute atomic E-state index is 13.7. The summed E-state index contributed by atoms with van der Waals surface area (Å²) < 4.78 is 51.6. The fourth-order valence-corrected chi connectivity index (χ4v) is 6.04. The third-order valence-corrected chi connectivity index (χ3v) is 8.10. The predicted molar refractivity (Wildman–Crippen MR) is 121 cm³/mol. The van der Waals surface area contributed by atoms with Gasteiger partial charge in [-0.3, -0.25) is 4.90 Å². The molecular formula is C22H24FN3O4S2. The molecule has 4 rings (SSSR count). The molecular weight excluding hydrogens is 453 g/mol. The van der Waals surface area contributed by atoms with E-state index in [1.54, 1.807) is 18.4 Å². The molecule has 0 N–H and O–H groups in total. The van der Waals surface area contributed by atoms with Crippen molar-refractivity contribution >= 4 is 21.4 Å². The van der Waals surface area contributed by atoms with Crippen molar-refractivity contribution in [3.63, 3.8) is 0 Å². The van der Waals surface area contributed by atoms with Crippen LogP contribution in [0.4, 0.5) is 4.39 Å². The number of ether oxygens (including phenoxy) is 2. The van der Waals surface area contributed by atoms with Crippen LogP contribution in [0.15, 0.2) is 52.7 Å². The van der Waals surface area contributed by atoms with E-state index in [0.717, 1.165) is 28.1 Å². The second kappa shape index (κ2) is 9.53. The summed E-state index contributed by atoms with van der Waals surface area (Å²) in [6.45, 7) is 2.40. The Kier molecular flexibility index (Phi) is 6.75. The average molecular weight is 478 g/mol. The van der Waals surface area contributed by atoms with E-state index in [2.05, 4.69) is 4.90 Å². The van der Waals surface area contributed by atoms with Crippen LogP contribution in [0, 0.1) is 5.82 Å². The molecule has 3 aromatic rings. The summed E-state index contributed by atoms with van der Waals surface area (Å²) in [5.74, 6) is 0.310. The summed E-state index contributed by atoms with van der Waals surface area (Å²) in [7, 11) is -0.838. The zero-order valence-corrected chi connectivity index (χ0v) is 19.5. The fourth-order valence-electron chi connectivity index (χ4n) is 3.61. The number of halogens is 1. The van der Waals surface area contributed by atoms with Gasteiger partial charge >= 0.3 is 0 Å². The second-order valence-electron chi connectivity index (χ2n) is 7.33. The van der Waals surface area contributed by atoms with Crippen molar-refractivity contribution in [2.24, 2.45) is 0 Å². The van der Waals surface area contributed by atoms with Gasteiger partial charge in [-0.15, -0.1) is 11.3 Å². The monoisotopic (exact) mass is 477 g/mol. The minimum Gasteiger partial charge on any atom is -0.497 e. The number of hydrogen-bond donors (Lipinski definition) is 0. The summed E-state index contributed by atoms with van der Waals surface area (Å²) in [5, 5.41) is 2.98. The number of benzene rings is 2. The van der Waals surface area contributed by atoms with Gasteiger partial charge in [0, 0.05) is 37.1 Å². The summed E-state index contributed by atoms with van der Waals surface area (Å²) in [5.41, 5.74) is 1.88. The highest BCUT2D eigenvalue weighted by Crippen LogP contribution is 2.29. The summed E-state index contributed by atoms with van der Waals surface area (Å²) in [6, 6.07) is 11.3. The fraction of sp³-hybridized carbons (Fsp3) is 0.318. The van der Waals surface area contributed by atoms with Crippen molar-refractivity contribution in [3.05, 3.63) is 58.7 Å². The number of thiazole rings is 1. The van der Waals surface area contributed by atoms with E-state index >= 15 is 0 Å². The van der Waals surface area contributed by atoms with Crippen LogP contribution in [-0.2, 0) is 16.6 Å². The smallest absolute Gasteiger partial charge is 0.246 e. The zero-order valence-electron chi connectivity index (χ0n) is 17.8. The first kappa shape index (κ1) is 22.7. The van der Waals surface area contributed by atoms with Crippen molar-refractivity contribution in [1.29, 1.82) is 0 Å². The van der Waals surface area contributed by atoms with E-state index in [0.29, 0.717) is 32.7 Å². The number of sulfonamides is 1. The van der Waals surface area contributed by atoms with Gasteiger partial charge in [0.05, 0.1) is 26.5 Å². The van der Waals surface area contributed by atoms with Crippen molar-refractivity contribution in [1.82, 2.24) is 14.2 Å². The molecule has 0 saturated carbocycles. The van der Waals surface area contributed by atoms with Crippen molar-refractivity contribution in [2.45, 2.75) is 11.4 Å². The summed E-state index contributed by atoms with van der Waals surface area (Å²) in [6.07, 6.45) is 0. The van der Waals surface area contributed by atoms with Crippen LogP contribution >= 0.6 is 11.3 Å². The van der Waals surface area contributed by atoms with Crippen LogP contribution in [0.5, 0.6) is 11.5 Å². The zero-order chi connectivity index (χ0) is 22.7. The number of hydrogen-bond acceptors (Lipinski definition) is 7. The maximum Gasteiger partial charge on any atom is 0.246 e. The van der Waals surface area contributed by atoms with Gasteiger partial charge in [0.25, 0.3) is 0 Å². The molecule has 1 saturated heterocycles. The van der Waals surface area contributed by atoms with E-state index in [1.807, 2.05) is 29.6 Å². The number of rotatable bonds is 7. The molecule has 0 aliphatic carbocycles. The third-order valence-electron chi connectivity index (χ3n) is 5.35. The Morgan fingerprint density at radius 1 is 1.06 bits per heavy atom. The number of methoxy groups -OCH3 is 2. The van der Waals surface area contributed by atoms with E-state index < -0.39 is 15.8 Å². The lowest BCUT2D eigenvalue weighted by Crippen LogP contribution is -2.48. The van der Waals surface area contributed by atoms with Gasteiger partial charge in [0.1, 0.15) is 27.2 Å². The Balaban J connectivity index is 1.40. The molecule has 0 amide bonds. The first-order valence-electron chi connectivity index (χ1n) is 10.1. The lowest BCUT2D eigenvalue weighted by molar-refractivity contribution is 0.181. The highest BCUT2D eigenvalue weighted by Gasteiger charge is 2.31. The first-order chi connectivity index (χ1) is 15.4. The second-order valence-corrected chi connectivity index (χ2v) is 10.2. The van der Waals surface area contributed by atoms with Gasteiger partial charge in [-0.2, -0.15) is 4.31 Å². The topological polar surface area (TPSA) is 72.0 Å². The Labute approximate surface area is 191 Å². The van der Waals surface area contributed by atoms with Crippen molar-refractivity contribution < 1.29 is 22.3 Å². The molecule has 0 spiro atoms. The summed E-state index contributed by atoms with van der Waals surface area (Å²) in [4.78, 5) is 6.76. The van der Waals surface area contributed by atoms with Crippen molar-refractivity contribution in [3.8, 4) is 22.8 Å². The molecule has 2 aromatic carbocycles. The van der Waals surface area contributed by atoms with Crippen molar-refractivity contribution in [2.75, 3.05) is 40.4 Å². The van der Waals surface area contributed by atoms with Crippen LogP contribution in [0.2, 0.25) is 0 Å². The van der Waals surface area contributed by atoms with E-state index in [9.17, 15) is 12.8 Å². The van der Waals surface area contributed by atoms with Gasteiger partial charge in [0.2, 0.25) is 10.0 Å². The Morgan fingerprint density at radius 2 is 1.84 bits per heavy atom. The van der Waals surface area contributed by atoms with E-state index in [4.69, 9.17) is 14.5 Å². The molecule has 10 heteroatoms. The number of piperazine rings is 1. The molecule has 170 valence electrons. The molecule has 1 aliphatic rings.